The number of para-hydroxylation sites is 1. The highest BCUT2D eigenvalue weighted by Crippen LogP contribution is 2.23. The third-order valence-electron chi connectivity index (χ3n) is 4.10. The van der Waals surface area contributed by atoms with Crippen molar-refractivity contribution in [3.05, 3.63) is 29.8 Å². The monoisotopic (exact) mass is 290 g/mol. The molecule has 0 bridgehead atoms. The Hall–Kier alpha value is -1.55. The van der Waals surface area contributed by atoms with Crippen molar-refractivity contribution in [2.75, 3.05) is 18.4 Å². The molecule has 116 valence electrons. The minimum atomic E-state index is -0.143. The molecule has 0 unspecified atom stereocenters. The molecule has 0 atom stereocenters. The second-order valence-electron chi connectivity index (χ2n) is 5.86. The Labute approximate surface area is 126 Å². The normalized spacial score (nSPS) is 21.8. The fraction of sp³-hybridized carbons (Fsp3) is 0.588. The molecule has 1 aromatic carbocycles. The van der Waals surface area contributed by atoms with Crippen molar-refractivity contribution in [2.24, 2.45) is 5.92 Å². The van der Waals surface area contributed by atoms with E-state index < -0.39 is 0 Å². The first-order valence-electron chi connectivity index (χ1n) is 8.00. The van der Waals surface area contributed by atoms with Crippen molar-refractivity contribution in [3.8, 4) is 0 Å². The van der Waals surface area contributed by atoms with Crippen LogP contribution in [0.5, 0.6) is 0 Å². The summed E-state index contributed by atoms with van der Waals surface area (Å²) in [5.41, 5.74) is 1.61. The van der Waals surface area contributed by atoms with E-state index in [4.69, 9.17) is 0 Å². The second-order valence-corrected chi connectivity index (χ2v) is 5.86. The van der Waals surface area contributed by atoms with E-state index in [0.29, 0.717) is 18.0 Å². The largest absolute Gasteiger partial charge is 0.393 e. The van der Waals surface area contributed by atoms with E-state index in [1.165, 1.54) is 0 Å². The summed E-state index contributed by atoms with van der Waals surface area (Å²) < 4.78 is 0. The zero-order valence-corrected chi connectivity index (χ0v) is 12.8. The molecule has 1 fully saturated rings. The van der Waals surface area contributed by atoms with E-state index in [1.54, 1.807) is 0 Å². The molecule has 0 heterocycles. The minimum Gasteiger partial charge on any atom is -0.393 e. The Balaban J connectivity index is 1.88. The number of amides is 1. The van der Waals surface area contributed by atoms with Gasteiger partial charge in [0.2, 0.25) is 0 Å². The molecule has 1 saturated carbocycles. The van der Waals surface area contributed by atoms with E-state index in [-0.39, 0.29) is 12.0 Å². The van der Waals surface area contributed by atoms with E-state index in [1.807, 2.05) is 24.3 Å². The molecule has 0 spiro atoms. The van der Waals surface area contributed by atoms with Crippen LogP contribution in [0.3, 0.4) is 0 Å². The number of anilines is 1. The standard InChI is InChI=1S/C17H26N2O2/c1-2-11-18-16-6-4-3-5-15(16)17(21)19-12-13-7-9-14(20)10-8-13/h3-6,13-14,18,20H,2,7-12H2,1H3,(H,19,21). The summed E-state index contributed by atoms with van der Waals surface area (Å²) in [5, 5.41) is 15.8. The number of hydrogen-bond donors (Lipinski definition) is 3. The minimum absolute atomic E-state index is 0.0136. The van der Waals surface area contributed by atoms with E-state index >= 15 is 0 Å². The van der Waals surface area contributed by atoms with Gasteiger partial charge in [0, 0.05) is 18.8 Å². The van der Waals surface area contributed by atoms with E-state index in [2.05, 4.69) is 17.6 Å². The molecule has 0 aromatic heterocycles. The lowest BCUT2D eigenvalue weighted by Crippen LogP contribution is -2.32. The van der Waals surface area contributed by atoms with Crippen molar-refractivity contribution < 1.29 is 9.90 Å². The highest BCUT2D eigenvalue weighted by molar-refractivity contribution is 5.99. The molecule has 1 aromatic rings. The summed E-state index contributed by atoms with van der Waals surface area (Å²) in [6.07, 6.45) is 4.59. The molecule has 1 amide bonds. The predicted molar refractivity (Wildman–Crippen MR) is 85.5 cm³/mol. The number of carbonyl (C=O) groups excluding carboxylic acids is 1. The predicted octanol–water partition coefficient (Wildman–Crippen LogP) is 2.79. The van der Waals surface area contributed by atoms with Crippen LogP contribution in [-0.2, 0) is 0 Å². The fourth-order valence-electron chi connectivity index (χ4n) is 2.78. The van der Waals surface area contributed by atoms with Gasteiger partial charge in [-0.2, -0.15) is 0 Å². The zero-order valence-electron chi connectivity index (χ0n) is 12.8. The molecule has 4 nitrogen and oxygen atoms in total. The van der Waals surface area contributed by atoms with Crippen molar-refractivity contribution in [3.63, 3.8) is 0 Å². The molecule has 1 aliphatic carbocycles. The Morgan fingerprint density at radius 3 is 2.67 bits per heavy atom. The van der Waals surface area contributed by atoms with Crippen LogP contribution >= 0.6 is 0 Å². The summed E-state index contributed by atoms with van der Waals surface area (Å²) in [5.74, 6) is 0.480. The lowest BCUT2D eigenvalue weighted by Gasteiger charge is -2.25. The number of nitrogens with one attached hydrogen (secondary N) is 2. The van der Waals surface area contributed by atoms with Gasteiger partial charge in [0.25, 0.3) is 5.91 Å². The summed E-state index contributed by atoms with van der Waals surface area (Å²) in [6, 6.07) is 7.64. The van der Waals surface area contributed by atoms with Crippen LogP contribution < -0.4 is 10.6 Å². The van der Waals surface area contributed by atoms with Crippen molar-refractivity contribution in [2.45, 2.75) is 45.1 Å². The maximum Gasteiger partial charge on any atom is 0.253 e. The van der Waals surface area contributed by atoms with Crippen LogP contribution in [-0.4, -0.2) is 30.2 Å². The molecule has 0 saturated heterocycles. The molecule has 2 rings (SSSR count). The number of hydrogen-bond acceptors (Lipinski definition) is 3. The van der Waals surface area contributed by atoms with Crippen LogP contribution in [0.15, 0.2) is 24.3 Å². The summed E-state index contributed by atoms with van der Waals surface area (Å²) >= 11 is 0. The van der Waals surface area contributed by atoms with Gasteiger partial charge in [-0.25, -0.2) is 0 Å². The molecule has 1 aliphatic rings. The number of benzene rings is 1. The summed E-state index contributed by atoms with van der Waals surface area (Å²) in [6.45, 7) is 3.67. The average molecular weight is 290 g/mol. The smallest absolute Gasteiger partial charge is 0.253 e. The highest BCUT2D eigenvalue weighted by Gasteiger charge is 2.20. The SMILES string of the molecule is CCCNc1ccccc1C(=O)NCC1CCC(O)CC1. The van der Waals surface area contributed by atoms with Gasteiger partial charge in [-0.1, -0.05) is 19.1 Å². The molecule has 0 aliphatic heterocycles. The molecule has 4 heteroatoms. The summed E-state index contributed by atoms with van der Waals surface area (Å²) in [4.78, 5) is 12.3. The Kier molecular flexibility index (Phi) is 6.05. The highest BCUT2D eigenvalue weighted by atomic mass is 16.3. The Morgan fingerprint density at radius 1 is 1.24 bits per heavy atom. The molecule has 21 heavy (non-hydrogen) atoms. The number of carbonyl (C=O) groups is 1. The second kappa shape index (κ2) is 8.03. The first kappa shape index (κ1) is 15.8. The molecular weight excluding hydrogens is 264 g/mol. The van der Waals surface area contributed by atoms with Crippen molar-refractivity contribution >= 4 is 11.6 Å². The van der Waals surface area contributed by atoms with Crippen molar-refractivity contribution in [1.29, 1.82) is 0 Å². The van der Waals surface area contributed by atoms with Gasteiger partial charge < -0.3 is 15.7 Å². The average Bonchev–Trinajstić information content (AvgIpc) is 2.52. The van der Waals surface area contributed by atoms with Gasteiger partial charge in [0.05, 0.1) is 11.7 Å². The van der Waals surface area contributed by atoms with Gasteiger partial charge in [-0.05, 0) is 50.2 Å². The molecular formula is C17H26N2O2. The number of aliphatic hydroxyl groups is 1. The lowest BCUT2D eigenvalue weighted by atomic mass is 9.87. The van der Waals surface area contributed by atoms with Crippen LogP contribution in [0.2, 0.25) is 0 Å². The Bertz CT molecular complexity index is 454. The number of rotatable bonds is 6. The molecule has 3 N–H and O–H groups in total. The Morgan fingerprint density at radius 2 is 1.95 bits per heavy atom. The van der Waals surface area contributed by atoms with Gasteiger partial charge in [-0.3, -0.25) is 4.79 Å². The lowest BCUT2D eigenvalue weighted by molar-refractivity contribution is 0.0911. The fourth-order valence-corrected chi connectivity index (χ4v) is 2.78. The van der Waals surface area contributed by atoms with Gasteiger partial charge in [0.1, 0.15) is 0 Å². The van der Waals surface area contributed by atoms with Crippen molar-refractivity contribution in [1.82, 2.24) is 5.32 Å². The van der Waals surface area contributed by atoms with Gasteiger partial charge >= 0.3 is 0 Å². The van der Waals surface area contributed by atoms with Crippen LogP contribution in [0.4, 0.5) is 5.69 Å². The third-order valence-corrected chi connectivity index (χ3v) is 4.10. The zero-order chi connectivity index (χ0) is 15.1. The van der Waals surface area contributed by atoms with E-state index in [0.717, 1.165) is 44.3 Å². The molecule has 0 radical (unpaired) electrons. The third kappa shape index (κ3) is 4.74. The number of aliphatic hydroxyl groups excluding tert-OH is 1. The van der Waals surface area contributed by atoms with Gasteiger partial charge in [-0.15, -0.1) is 0 Å². The van der Waals surface area contributed by atoms with Crippen LogP contribution in [0.1, 0.15) is 49.4 Å². The topological polar surface area (TPSA) is 61.4 Å². The van der Waals surface area contributed by atoms with Gasteiger partial charge in [0.15, 0.2) is 0 Å². The maximum atomic E-state index is 12.3. The van der Waals surface area contributed by atoms with E-state index in [9.17, 15) is 9.90 Å². The first-order chi connectivity index (χ1) is 10.2. The quantitative estimate of drug-likeness (QED) is 0.755. The van der Waals surface area contributed by atoms with Crippen LogP contribution in [0, 0.1) is 5.92 Å². The maximum absolute atomic E-state index is 12.3. The first-order valence-corrected chi connectivity index (χ1v) is 8.00. The van der Waals surface area contributed by atoms with Crippen LogP contribution in [0.25, 0.3) is 0 Å². The summed E-state index contributed by atoms with van der Waals surface area (Å²) in [7, 11) is 0.